The highest BCUT2D eigenvalue weighted by Crippen LogP contribution is 2.22. The highest BCUT2D eigenvalue weighted by atomic mass is 16.1. The fourth-order valence-electron chi connectivity index (χ4n) is 2.88. The first-order valence-electron chi connectivity index (χ1n) is 8.55. The predicted molar refractivity (Wildman–Crippen MR) is 83.4 cm³/mol. The van der Waals surface area contributed by atoms with Gasteiger partial charge < -0.3 is 0 Å². The highest BCUT2D eigenvalue weighted by molar-refractivity contribution is 5.90. The molecule has 0 radical (unpaired) electrons. The van der Waals surface area contributed by atoms with Crippen LogP contribution in [0, 0.1) is 0 Å². The zero-order chi connectivity index (χ0) is 13.8. The molecule has 0 aromatic rings. The van der Waals surface area contributed by atoms with E-state index in [1.54, 1.807) is 0 Å². The summed E-state index contributed by atoms with van der Waals surface area (Å²) in [6.45, 7) is 2.26. The number of hydrogen-bond acceptors (Lipinski definition) is 1. The molecule has 1 fully saturated rings. The molecule has 1 heteroatoms. The van der Waals surface area contributed by atoms with Crippen molar-refractivity contribution in [1.29, 1.82) is 0 Å². The third-order valence-corrected chi connectivity index (χ3v) is 4.14. The van der Waals surface area contributed by atoms with Crippen molar-refractivity contribution in [2.45, 2.75) is 96.8 Å². The van der Waals surface area contributed by atoms with Crippen molar-refractivity contribution in [3.05, 3.63) is 11.6 Å². The molecule has 1 nitrogen and oxygen atoms in total. The summed E-state index contributed by atoms with van der Waals surface area (Å²) < 4.78 is 0. The Kier molecular flexibility index (Phi) is 9.75. The molecule has 0 N–H and O–H groups in total. The van der Waals surface area contributed by atoms with Gasteiger partial charge in [0.1, 0.15) is 0 Å². The molecule has 1 aliphatic carbocycles. The molecule has 1 aliphatic rings. The van der Waals surface area contributed by atoms with Crippen LogP contribution in [0.4, 0.5) is 0 Å². The lowest BCUT2D eigenvalue weighted by atomic mass is 9.93. The van der Waals surface area contributed by atoms with Gasteiger partial charge in [0.2, 0.25) is 0 Å². The summed E-state index contributed by atoms with van der Waals surface area (Å²) in [6.07, 6.45) is 19.5. The maximum absolute atomic E-state index is 11.8. The predicted octanol–water partition coefficient (Wildman–Crippen LogP) is 5.98. The molecule has 0 atom stereocenters. The maximum atomic E-state index is 11.8. The second kappa shape index (κ2) is 11.3. The minimum absolute atomic E-state index is 0.378. The zero-order valence-corrected chi connectivity index (χ0v) is 12.9. The number of rotatable bonds is 10. The first-order chi connectivity index (χ1) is 9.33. The van der Waals surface area contributed by atoms with Gasteiger partial charge in [-0.25, -0.2) is 0 Å². The first kappa shape index (κ1) is 16.5. The molecule has 1 saturated carbocycles. The van der Waals surface area contributed by atoms with Crippen molar-refractivity contribution >= 4 is 5.78 Å². The van der Waals surface area contributed by atoms with E-state index in [2.05, 4.69) is 6.92 Å². The van der Waals surface area contributed by atoms with Gasteiger partial charge in [0.25, 0.3) is 0 Å². The van der Waals surface area contributed by atoms with E-state index in [0.29, 0.717) is 5.78 Å². The van der Waals surface area contributed by atoms with Crippen molar-refractivity contribution in [3.8, 4) is 0 Å². The summed E-state index contributed by atoms with van der Waals surface area (Å²) in [4.78, 5) is 11.8. The number of unbranched alkanes of at least 4 members (excludes halogenated alkanes) is 7. The third kappa shape index (κ3) is 9.02. The monoisotopic (exact) mass is 264 g/mol. The smallest absolute Gasteiger partial charge is 0.155 e. The van der Waals surface area contributed by atoms with Crippen LogP contribution in [0.25, 0.3) is 0 Å². The van der Waals surface area contributed by atoms with Crippen LogP contribution in [0.5, 0.6) is 0 Å². The third-order valence-electron chi connectivity index (χ3n) is 4.14. The molecule has 0 unspecified atom stereocenters. The Hall–Kier alpha value is -0.590. The number of allylic oxidation sites excluding steroid dienone is 2. The van der Waals surface area contributed by atoms with E-state index < -0.39 is 0 Å². The Morgan fingerprint density at radius 2 is 1.47 bits per heavy atom. The van der Waals surface area contributed by atoms with Gasteiger partial charge in [-0.2, -0.15) is 0 Å². The molecular weight excluding hydrogens is 232 g/mol. The summed E-state index contributed by atoms with van der Waals surface area (Å²) in [5.41, 5.74) is 1.41. The molecule has 19 heavy (non-hydrogen) atoms. The fourth-order valence-corrected chi connectivity index (χ4v) is 2.88. The molecule has 0 aliphatic heterocycles. The van der Waals surface area contributed by atoms with Crippen molar-refractivity contribution in [1.82, 2.24) is 0 Å². The van der Waals surface area contributed by atoms with E-state index in [9.17, 15) is 4.79 Å². The Morgan fingerprint density at radius 3 is 2.11 bits per heavy atom. The van der Waals surface area contributed by atoms with Gasteiger partial charge in [0, 0.05) is 6.42 Å². The van der Waals surface area contributed by atoms with Crippen LogP contribution >= 0.6 is 0 Å². The van der Waals surface area contributed by atoms with Gasteiger partial charge in [0.05, 0.1) is 0 Å². The van der Waals surface area contributed by atoms with E-state index >= 15 is 0 Å². The second-order valence-electron chi connectivity index (χ2n) is 6.05. The van der Waals surface area contributed by atoms with E-state index in [4.69, 9.17) is 0 Å². The molecule has 110 valence electrons. The summed E-state index contributed by atoms with van der Waals surface area (Å²) in [5.74, 6) is 0.378. The molecule has 0 spiro atoms. The van der Waals surface area contributed by atoms with E-state index in [1.807, 2.05) is 6.08 Å². The second-order valence-corrected chi connectivity index (χ2v) is 6.05. The molecule has 0 bridgehead atoms. The minimum Gasteiger partial charge on any atom is -0.295 e. The van der Waals surface area contributed by atoms with Crippen LogP contribution in [0.2, 0.25) is 0 Å². The largest absolute Gasteiger partial charge is 0.295 e. The van der Waals surface area contributed by atoms with Gasteiger partial charge in [-0.05, 0) is 38.2 Å². The van der Waals surface area contributed by atoms with Gasteiger partial charge in [-0.1, -0.05) is 63.9 Å². The lowest BCUT2D eigenvalue weighted by Crippen LogP contribution is -1.99. The van der Waals surface area contributed by atoms with Crippen LogP contribution in [0.1, 0.15) is 96.8 Å². The number of carbonyl (C=O) groups excluding carboxylic acids is 1. The van der Waals surface area contributed by atoms with Crippen molar-refractivity contribution in [2.24, 2.45) is 0 Å². The average Bonchev–Trinajstić information content (AvgIpc) is 2.43. The standard InChI is InChI=1S/C18H32O/c1-2-3-4-5-6-7-8-12-15-18(19)16-17-13-10-9-11-14-17/h16H,2-15H2,1H3. The van der Waals surface area contributed by atoms with Crippen LogP contribution in [-0.4, -0.2) is 5.78 Å². The highest BCUT2D eigenvalue weighted by Gasteiger charge is 2.07. The summed E-state index contributed by atoms with van der Waals surface area (Å²) in [5, 5.41) is 0. The van der Waals surface area contributed by atoms with Gasteiger partial charge in [0.15, 0.2) is 5.78 Å². The van der Waals surface area contributed by atoms with Gasteiger partial charge >= 0.3 is 0 Å². The summed E-state index contributed by atoms with van der Waals surface area (Å²) in [7, 11) is 0. The maximum Gasteiger partial charge on any atom is 0.155 e. The van der Waals surface area contributed by atoms with Gasteiger partial charge in [-0.15, -0.1) is 0 Å². The average molecular weight is 264 g/mol. The zero-order valence-electron chi connectivity index (χ0n) is 12.9. The van der Waals surface area contributed by atoms with Crippen molar-refractivity contribution in [3.63, 3.8) is 0 Å². The van der Waals surface area contributed by atoms with E-state index in [-0.39, 0.29) is 0 Å². The van der Waals surface area contributed by atoms with Crippen LogP contribution in [0.15, 0.2) is 11.6 Å². The Labute approximate surface area is 119 Å². The molecule has 0 amide bonds. The summed E-state index contributed by atoms with van der Waals surface area (Å²) >= 11 is 0. The normalized spacial score (nSPS) is 15.5. The number of carbonyl (C=O) groups is 1. The molecular formula is C18H32O. The van der Waals surface area contributed by atoms with Crippen LogP contribution in [-0.2, 0) is 4.79 Å². The molecule has 0 aromatic heterocycles. The quantitative estimate of drug-likeness (QED) is 0.350. The molecule has 0 heterocycles. The Balaban J connectivity index is 1.95. The Bertz CT molecular complexity index is 257. The summed E-state index contributed by atoms with van der Waals surface area (Å²) in [6, 6.07) is 0. The SMILES string of the molecule is CCCCCCCCCCC(=O)C=C1CCCCC1. The van der Waals surface area contributed by atoms with Crippen LogP contribution in [0.3, 0.4) is 0 Å². The number of ketones is 1. The fraction of sp³-hybridized carbons (Fsp3) is 0.833. The van der Waals surface area contributed by atoms with Crippen LogP contribution < -0.4 is 0 Å². The minimum atomic E-state index is 0.378. The lowest BCUT2D eigenvalue weighted by Gasteiger charge is -2.12. The molecule has 0 aromatic carbocycles. The topological polar surface area (TPSA) is 17.1 Å². The molecule has 0 saturated heterocycles. The molecule has 1 rings (SSSR count). The van der Waals surface area contributed by atoms with Crippen molar-refractivity contribution in [2.75, 3.05) is 0 Å². The number of hydrogen-bond donors (Lipinski definition) is 0. The van der Waals surface area contributed by atoms with Gasteiger partial charge in [-0.3, -0.25) is 4.79 Å². The van der Waals surface area contributed by atoms with E-state index in [1.165, 1.54) is 82.6 Å². The lowest BCUT2D eigenvalue weighted by molar-refractivity contribution is -0.114. The Morgan fingerprint density at radius 1 is 0.895 bits per heavy atom. The van der Waals surface area contributed by atoms with Crippen molar-refractivity contribution < 1.29 is 4.79 Å². The van der Waals surface area contributed by atoms with E-state index in [0.717, 1.165) is 12.8 Å². The first-order valence-corrected chi connectivity index (χ1v) is 8.55.